The van der Waals surface area contributed by atoms with Gasteiger partial charge in [-0.25, -0.2) is 4.98 Å². The molecule has 4 nitrogen and oxygen atoms in total. The topological polar surface area (TPSA) is 48.8 Å². The third kappa shape index (κ3) is 2.27. The number of aryl methyl sites for hydroxylation is 3. The highest BCUT2D eigenvalue weighted by atomic mass is 15.1. The minimum absolute atomic E-state index is 0.593. The summed E-state index contributed by atoms with van der Waals surface area (Å²) >= 11 is 0. The Kier molecular flexibility index (Phi) is 3.09. The van der Waals surface area contributed by atoms with Crippen LogP contribution in [0.2, 0.25) is 0 Å². The van der Waals surface area contributed by atoms with E-state index < -0.39 is 0 Å². The van der Waals surface area contributed by atoms with Gasteiger partial charge in [-0.15, -0.1) is 0 Å². The molecule has 0 radical (unpaired) electrons. The van der Waals surface area contributed by atoms with Gasteiger partial charge in [-0.1, -0.05) is 6.07 Å². The summed E-state index contributed by atoms with van der Waals surface area (Å²) in [5.74, 6) is 1.06. The second kappa shape index (κ2) is 4.90. The van der Waals surface area contributed by atoms with Gasteiger partial charge in [0.2, 0.25) is 0 Å². The average Bonchev–Trinajstić information content (AvgIpc) is 3.02. The summed E-state index contributed by atoms with van der Waals surface area (Å²) in [6.07, 6.45) is 6.00. The normalized spacial score (nSPS) is 11.3. The maximum Gasteiger partial charge on any atom is 0.105 e. The van der Waals surface area contributed by atoms with E-state index in [0.717, 1.165) is 18.9 Å². The zero-order chi connectivity index (χ0) is 13.2. The van der Waals surface area contributed by atoms with Gasteiger partial charge in [0.05, 0.1) is 0 Å². The Morgan fingerprint density at radius 3 is 2.68 bits per heavy atom. The molecular weight excluding hydrogens is 236 g/mol. The Bertz CT molecular complexity index is 693. The van der Waals surface area contributed by atoms with Crippen LogP contribution in [0.1, 0.15) is 11.4 Å². The molecule has 0 spiro atoms. The van der Waals surface area contributed by atoms with Gasteiger partial charge < -0.3 is 14.9 Å². The Balaban J connectivity index is 1.83. The van der Waals surface area contributed by atoms with Crippen LogP contribution >= 0.6 is 0 Å². The van der Waals surface area contributed by atoms with E-state index in [1.54, 1.807) is 0 Å². The molecule has 2 N–H and O–H groups in total. The Hall–Kier alpha value is -2.07. The first kappa shape index (κ1) is 12.0. The summed E-state index contributed by atoms with van der Waals surface area (Å²) in [6.45, 7) is 4.51. The predicted molar refractivity (Wildman–Crippen MR) is 76.8 cm³/mol. The highest BCUT2D eigenvalue weighted by molar-refractivity contribution is 5.80. The lowest BCUT2D eigenvalue weighted by molar-refractivity contribution is 0.580. The second-order valence-electron chi connectivity index (χ2n) is 4.77. The van der Waals surface area contributed by atoms with Crippen molar-refractivity contribution < 1.29 is 0 Å². The van der Waals surface area contributed by atoms with E-state index in [0.29, 0.717) is 6.54 Å². The van der Waals surface area contributed by atoms with Crippen LogP contribution in [0.25, 0.3) is 10.9 Å². The summed E-state index contributed by atoms with van der Waals surface area (Å²) in [6, 6.07) is 8.56. The van der Waals surface area contributed by atoms with Gasteiger partial charge in [0.25, 0.3) is 0 Å². The molecule has 0 saturated carbocycles. The minimum atomic E-state index is 0.593. The number of benzene rings is 1. The molecule has 0 aliphatic rings. The van der Waals surface area contributed by atoms with E-state index in [1.807, 2.05) is 19.3 Å². The van der Waals surface area contributed by atoms with Crippen LogP contribution < -0.4 is 5.73 Å². The fourth-order valence-corrected chi connectivity index (χ4v) is 2.43. The van der Waals surface area contributed by atoms with E-state index in [-0.39, 0.29) is 0 Å². The first-order chi connectivity index (χ1) is 9.28. The van der Waals surface area contributed by atoms with Gasteiger partial charge in [0.15, 0.2) is 0 Å². The molecule has 0 fully saturated rings. The number of nitrogens with two attached hydrogens (primary N) is 1. The molecule has 3 rings (SSSR count). The molecule has 0 amide bonds. The van der Waals surface area contributed by atoms with Crippen LogP contribution in [0.15, 0.2) is 42.9 Å². The smallest absolute Gasteiger partial charge is 0.105 e. The molecule has 2 heterocycles. The van der Waals surface area contributed by atoms with Crippen LogP contribution in [0.4, 0.5) is 0 Å². The maximum atomic E-state index is 5.67. The highest BCUT2D eigenvalue weighted by Gasteiger charge is 2.03. The lowest BCUT2D eigenvalue weighted by Gasteiger charge is -2.08. The van der Waals surface area contributed by atoms with Gasteiger partial charge in [-0.3, -0.25) is 0 Å². The summed E-state index contributed by atoms with van der Waals surface area (Å²) in [4.78, 5) is 4.24. The van der Waals surface area contributed by atoms with Crippen molar-refractivity contribution in [2.75, 3.05) is 0 Å². The molecule has 0 saturated heterocycles. The van der Waals surface area contributed by atoms with Crippen LogP contribution in [0.3, 0.4) is 0 Å². The van der Waals surface area contributed by atoms with Gasteiger partial charge in [0, 0.05) is 43.7 Å². The zero-order valence-corrected chi connectivity index (χ0v) is 11.1. The molecule has 19 heavy (non-hydrogen) atoms. The molecule has 0 aliphatic heterocycles. The summed E-state index contributed by atoms with van der Waals surface area (Å²) in [7, 11) is 0. The number of nitrogens with zero attached hydrogens (tertiary/aromatic N) is 3. The molecule has 4 heteroatoms. The first-order valence-electron chi connectivity index (χ1n) is 6.53. The van der Waals surface area contributed by atoms with E-state index in [2.05, 4.69) is 44.6 Å². The fraction of sp³-hybridized carbons (Fsp3) is 0.267. The molecule has 1 aromatic carbocycles. The van der Waals surface area contributed by atoms with Crippen LogP contribution in [-0.2, 0) is 19.6 Å². The van der Waals surface area contributed by atoms with Crippen molar-refractivity contribution in [3.8, 4) is 0 Å². The second-order valence-corrected chi connectivity index (χ2v) is 4.77. The summed E-state index contributed by atoms with van der Waals surface area (Å²) in [5, 5.41) is 1.25. The third-order valence-electron chi connectivity index (χ3n) is 3.58. The van der Waals surface area contributed by atoms with Crippen molar-refractivity contribution in [1.29, 1.82) is 0 Å². The first-order valence-corrected chi connectivity index (χ1v) is 6.53. The SMILES string of the molecule is Cc1nccn1CCn1ccc2cc(CN)ccc21. The van der Waals surface area contributed by atoms with Gasteiger partial charge >= 0.3 is 0 Å². The maximum absolute atomic E-state index is 5.67. The largest absolute Gasteiger partial charge is 0.346 e. The fourth-order valence-electron chi connectivity index (χ4n) is 2.43. The number of hydrogen-bond acceptors (Lipinski definition) is 2. The number of aromatic nitrogens is 3. The molecule has 98 valence electrons. The number of imidazole rings is 1. The highest BCUT2D eigenvalue weighted by Crippen LogP contribution is 2.17. The molecule has 0 aliphatic carbocycles. The molecule has 2 aromatic heterocycles. The van der Waals surface area contributed by atoms with Crippen molar-refractivity contribution in [1.82, 2.24) is 14.1 Å². The van der Waals surface area contributed by atoms with Crippen molar-refractivity contribution >= 4 is 10.9 Å². The van der Waals surface area contributed by atoms with Gasteiger partial charge in [-0.2, -0.15) is 0 Å². The van der Waals surface area contributed by atoms with E-state index in [9.17, 15) is 0 Å². The molecule has 0 atom stereocenters. The van der Waals surface area contributed by atoms with Crippen molar-refractivity contribution in [2.24, 2.45) is 5.73 Å². The van der Waals surface area contributed by atoms with Crippen LogP contribution in [0.5, 0.6) is 0 Å². The Morgan fingerprint density at radius 2 is 1.95 bits per heavy atom. The van der Waals surface area contributed by atoms with E-state index in [1.165, 1.54) is 16.5 Å². The van der Waals surface area contributed by atoms with Gasteiger partial charge in [-0.05, 0) is 36.1 Å². The average molecular weight is 254 g/mol. The van der Waals surface area contributed by atoms with Gasteiger partial charge in [0.1, 0.15) is 5.82 Å². The third-order valence-corrected chi connectivity index (χ3v) is 3.58. The van der Waals surface area contributed by atoms with Crippen LogP contribution in [0, 0.1) is 6.92 Å². The standard InChI is InChI=1S/C15H18N4/c1-12-17-5-7-18(12)8-9-19-6-4-14-10-13(11-16)2-3-15(14)19/h2-7,10H,8-9,11,16H2,1H3. The monoisotopic (exact) mass is 254 g/mol. The zero-order valence-electron chi connectivity index (χ0n) is 11.1. The van der Waals surface area contributed by atoms with Crippen molar-refractivity contribution in [2.45, 2.75) is 26.6 Å². The Morgan fingerprint density at radius 1 is 1.11 bits per heavy atom. The molecule has 0 unspecified atom stereocenters. The summed E-state index contributed by atoms with van der Waals surface area (Å²) < 4.78 is 4.44. The van der Waals surface area contributed by atoms with Crippen molar-refractivity contribution in [3.63, 3.8) is 0 Å². The minimum Gasteiger partial charge on any atom is -0.346 e. The van der Waals surface area contributed by atoms with Crippen molar-refractivity contribution in [3.05, 3.63) is 54.2 Å². The lowest BCUT2D eigenvalue weighted by atomic mass is 10.1. The quantitative estimate of drug-likeness (QED) is 0.776. The molecule has 0 bridgehead atoms. The predicted octanol–water partition coefficient (Wildman–Crippen LogP) is 2.31. The van der Waals surface area contributed by atoms with E-state index in [4.69, 9.17) is 5.73 Å². The number of fused-ring (bicyclic) bond motifs is 1. The molecular formula is C15H18N4. The summed E-state index contributed by atoms with van der Waals surface area (Å²) in [5.41, 5.74) is 8.11. The number of rotatable bonds is 4. The van der Waals surface area contributed by atoms with E-state index >= 15 is 0 Å². The number of hydrogen-bond donors (Lipinski definition) is 1. The lowest BCUT2D eigenvalue weighted by Crippen LogP contribution is -2.07. The molecule has 3 aromatic rings. The Labute approximate surface area is 112 Å². The van der Waals surface area contributed by atoms with Crippen LogP contribution in [-0.4, -0.2) is 14.1 Å².